The third-order valence-electron chi connectivity index (χ3n) is 4.31. The van der Waals surface area contributed by atoms with Crippen LogP contribution >= 0.6 is 0 Å². The van der Waals surface area contributed by atoms with Crippen LogP contribution in [0, 0.1) is 0 Å². The quantitative estimate of drug-likeness (QED) is 0.509. The summed E-state index contributed by atoms with van der Waals surface area (Å²) in [6, 6.07) is 15.7. The summed E-state index contributed by atoms with van der Waals surface area (Å²) >= 11 is 0. The highest BCUT2D eigenvalue weighted by molar-refractivity contribution is 6.22. The highest BCUT2D eigenvalue weighted by atomic mass is 16.6. The zero-order chi connectivity index (χ0) is 19.4. The van der Waals surface area contributed by atoms with Crippen LogP contribution in [0.4, 0.5) is 4.79 Å². The minimum Gasteiger partial charge on any atom is -0.457 e. The monoisotopic (exact) mass is 367 g/mol. The third kappa shape index (κ3) is 3.57. The van der Waals surface area contributed by atoms with Gasteiger partial charge in [0.1, 0.15) is 6.61 Å². The standard InChI is InChI=1S/C12H11NO4.C8H6O2/c1-2-12(10(15)13-11(16)17-12)9(14)8-6-4-3-5-7-8;9-8-7-3-1-6(2-4-7)5-10-8/h3-7H,2H2,1H3,(H,13,15,16);1-4H,5H2. The molecule has 1 N–H and O–H groups in total. The van der Waals surface area contributed by atoms with E-state index >= 15 is 0 Å². The van der Waals surface area contributed by atoms with Gasteiger partial charge in [-0.25, -0.2) is 9.59 Å². The van der Waals surface area contributed by atoms with E-state index < -0.39 is 23.4 Å². The first-order valence-electron chi connectivity index (χ1n) is 8.36. The van der Waals surface area contributed by atoms with Gasteiger partial charge in [-0.3, -0.25) is 14.9 Å². The first kappa shape index (κ1) is 18.3. The van der Waals surface area contributed by atoms with Crippen molar-refractivity contribution in [3.8, 4) is 0 Å². The van der Waals surface area contributed by atoms with Crippen LogP contribution in [-0.2, 0) is 20.9 Å². The fourth-order valence-electron chi connectivity index (χ4n) is 2.76. The van der Waals surface area contributed by atoms with Crippen LogP contribution in [0.15, 0.2) is 54.6 Å². The number of Topliss-reactive ketones (excluding diaryl/α,β-unsaturated/α-hetero) is 1. The molecule has 2 aromatic rings. The van der Waals surface area contributed by atoms with Gasteiger partial charge in [-0.2, -0.15) is 0 Å². The van der Waals surface area contributed by atoms with Crippen molar-refractivity contribution in [2.24, 2.45) is 0 Å². The third-order valence-corrected chi connectivity index (χ3v) is 4.31. The summed E-state index contributed by atoms with van der Waals surface area (Å²) < 4.78 is 9.73. The van der Waals surface area contributed by atoms with Gasteiger partial charge in [0.25, 0.3) is 11.5 Å². The van der Waals surface area contributed by atoms with Crippen LogP contribution in [-0.4, -0.2) is 29.4 Å². The lowest BCUT2D eigenvalue weighted by molar-refractivity contribution is -0.128. The molecule has 0 spiro atoms. The molecule has 3 heterocycles. The van der Waals surface area contributed by atoms with Gasteiger partial charge in [0.15, 0.2) is 0 Å². The fraction of sp³-hybridized carbons (Fsp3) is 0.200. The summed E-state index contributed by atoms with van der Waals surface area (Å²) in [5.41, 5.74) is 0.327. The number of amides is 2. The predicted molar refractivity (Wildman–Crippen MR) is 94.0 cm³/mol. The predicted octanol–water partition coefficient (Wildman–Crippen LogP) is 2.64. The normalized spacial score (nSPS) is 20.0. The molecule has 2 bridgehead atoms. The first-order valence-corrected chi connectivity index (χ1v) is 8.36. The van der Waals surface area contributed by atoms with E-state index in [-0.39, 0.29) is 12.4 Å². The molecule has 7 nitrogen and oxygen atoms in total. The molecule has 1 fully saturated rings. The zero-order valence-corrected chi connectivity index (χ0v) is 14.6. The lowest BCUT2D eigenvalue weighted by Gasteiger charge is -2.20. The summed E-state index contributed by atoms with van der Waals surface area (Å²) in [4.78, 5) is 45.8. The van der Waals surface area contributed by atoms with Crippen LogP contribution in [0.25, 0.3) is 0 Å². The van der Waals surface area contributed by atoms with Gasteiger partial charge < -0.3 is 9.47 Å². The van der Waals surface area contributed by atoms with Gasteiger partial charge in [0.05, 0.1) is 5.56 Å². The molecule has 0 aliphatic carbocycles. The molecular weight excluding hydrogens is 350 g/mol. The van der Waals surface area contributed by atoms with Gasteiger partial charge in [0.2, 0.25) is 5.78 Å². The van der Waals surface area contributed by atoms with E-state index in [9.17, 15) is 19.2 Å². The Labute approximate surface area is 155 Å². The molecule has 0 aromatic heterocycles. The Hall–Kier alpha value is -3.48. The van der Waals surface area contributed by atoms with Crippen molar-refractivity contribution in [1.29, 1.82) is 0 Å². The van der Waals surface area contributed by atoms with Gasteiger partial charge in [-0.15, -0.1) is 0 Å². The highest BCUT2D eigenvalue weighted by Crippen LogP contribution is 2.26. The molecule has 138 valence electrons. The average molecular weight is 367 g/mol. The molecule has 1 saturated heterocycles. The van der Waals surface area contributed by atoms with Gasteiger partial charge in [0, 0.05) is 12.0 Å². The summed E-state index contributed by atoms with van der Waals surface area (Å²) in [7, 11) is 0. The van der Waals surface area contributed by atoms with E-state index in [1.54, 1.807) is 49.4 Å². The topological polar surface area (TPSA) is 98.8 Å². The van der Waals surface area contributed by atoms with E-state index in [1.807, 2.05) is 17.4 Å². The van der Waals surface area contributed by atoms with Crippen molar-refractivity contribution in [3.05, 3.63) is 71.3 Å². The Balaban J connectivity index is 0.000000177. The second-order valence-electron chi connectivity index (χ2n) is 5.99. The maximum Gasteiger partial charge on any atom is 0.415 e. The number of carbonyl (C=O) groups is 4. The van der Waals surface area contributed by atoms with E-state index in [1.165, 1.54) is 0 Å². The number of benzene rings is 2. The number of cyclic esters (lactones) is 1. The molecule has 3 aliphatic heterocycles. The van der Waals surface area contributed by atoms with E-state index in [0.717, 1.165) is 5.56 Å². The average Bonchev–Trinajstić information content (AvgIpc) is 2.81. The second-order valence-corrected chi connectivity index (χ2v) is 5.99. The van der Waals surface area contributed by atoms with Crippen molar-refractivity contribution in [2.45, 2.75) is 25.6 Å². The van der Waals surface area contributed by atoms with Crippen molar-refractivity contribution in [1.82, 2.24) is 5.32 Å². The zero-order valence-electron chi connectivity index (χ0n) is 14.6. The summed E-state index contributed by atoms with van der Waals surface area (Å²) in [5, 5.41) is 1.99. The maximum atomic E-state index is 12.2. The maximum absolute atomic E-state index is 12.2. The number of ether oxygens (including phenoxy) is 2. The molecule has 1 unspecified atom stereocenters. The summed E-state index contributed by atoms with van der Waals surface area (Å²) in [6.45, 7) is 2.04. The fourth-order valence-corrected chi connectivity index (χ4v) is 2.76. The van der Waals surface area contributed by atoms with Crippen LogP contribution < -0.4 is 5.32 Å². The Morgan fingerprint density at radius 3 is 2.26 bits per heavy atom. The number of nitrogens with one attached hydrogen (secondary N) is 1. The Morgan fingerprint density at radius 2 is 1.70 bits per heavy atom. The number of ketones is 1. The Kier molecular flexibility index (Phi) is 5.03. The number of fused-ring (bicyclic) bond motifs is 4. The first-order chi connectivity index (χ1) is 13.0. The molecule has 0 saturated carbocycles. The largest absolute Gasteiger partial charge is 0.457 e. The number of rotatable bonds is 3. The number of imide groups is 1. The van der Waals surface area contributed by atoms with Gasteiger partial charge in [-0.05, 0) is 17.7 Å². The molecule has 1 atom stereocenters. The van der Waals surface area contributed by atoms with Crippen LogP contribution in [0.1, 0.15) is 39.6 Å². The minimum atomic E-state index is -1.71. The lowest BCUT2D eigenvalue weighted by Crippen LogP contribution is -2.46. The van der Waals surface area contributed by atoms with Crippen molar-refractivity contribution >= 4 is 23.8 Å². The molecule has 7 heteroatoms. The van der Waals surface area contributed by atoms with Gasteiger partial charge >= 0.3 is 12.1 Å². The summed E-state index contributed by atoms with van der Waals surface area (Å²) in [6.07, 6.45) is -0.765. The number of hydrogen-bond donors (Lipinski definition) is 1. The van der Waals surface area contributed by atoms with Crippen molar-refractivity contribution in [2.75, 3.05) is 0 Å². The van der Waals surface area contributed by atoms with E-state index in [2.05, 4.69) is 0 Å². The molecule has 3 aliphatic rings. The highest BCUT2D eigenvalue weighted by Gasteiger charge is 2.53. The minimum absolute atomic E-state index is 0.109. The van der Waals surface area contributed by atoms with Crippen LogP contribution in [0.3, 0.4) is 0 Å². The van der Waals surface area contributed by atoms with Crippen LogP contribution in [0.5, 0.6) is 0 Å². The number of alkyl carbamates (subject to hydrolysis) is 1. The molecular formula is C20H17NO6. The van der Waals surface area contributed by atoms with E-state index in [0.29, 0.717) is 17.7 Å². The van der Waals surface area contributed by atoms with Crippen molar-refractivity contribution in [3.63, 3.8) is 0 Å². The summed E-state index contributed by atoms with van der Waals surface area (Å²) in [5.74, 6) is -1.41. The Bertz CT molecular complexity index is 890. The SMILES string of the molecule is CCC1(C(=O)c2ccccc2)OC(=O)NC1=O.O=C1OCc2ccc1cc2. The Morgan fingerprint density at radius 1 is 1.04 bits per heavy atom. The smallest absolute Gasteiger partial charge is 0.415 e. The molecule has 2 amide bonds. The molecule has 2 aromatic carbocycles. The number of esters is 1. The number of carbonyl (C=O) groups excluding carboxylic acids is 4. The van der Waals surface area contributed by atoms with Crippen molar-refractivity contribution < 1.29 is 28.7 Å². The lowest BCUT2D eigenvalue weighted by atomic mass is 9.90. The second kappa shape index (κ2) is 7.41. The molecule has 0 radical (unpaired) electrons. The van der Waals surface area contributed by atoms with Gasteiger partial charge in [-0.1, -0.05) is 49.4 Å². The van der Waals surface area contributed by atoms with Crippen LogP contribution in [0.2, 0.25) is 0 Å². The van der Waals surface area contributed by atoms with E-state index in [4.69, 9.17) is 9.47 Å². The molecule has 27 heavy (non-hydrogen) atoms. The number of hydrogen-bond acceptors (Lipinski definition) is 6. The molecule has 5 rings (SSSR count).